The second-order valence-electron chi connectivity index (χ2n) is 4.53. The number of fused-ring (bicyclic) bond motifs is 1. The Bertz CT molecular complexity index is 766. The van der Waals surface area contributed by atoms with Crippen molar-refractivity contribution in [2.24, 2.45) is 5.84 Å². The Labute approximate surface area is 117 Å². The van der Waals surface area contributed by atoms with Crippen molar-refractivity contribution in [2.45, 2.75) is 19.6 Å². The highest BCUT2D eigenvalue weighted by molar-refractivity contribution is 5.83. The number of aryl methyl sites for hydroxylation is 1. The first kappa shape index (κ1) is 15.0. The zero-order valence-electron chi connectivity index (χ0n) is 11.0. The van der Waals surface area contributed by atoms with Crippen LogP contribution in [0.3, 0.4) is 0 Å². The molecule has 0 aliphatic rings. The topological polar surface area (TPSA) is 77.1 Å². The highest BCUT2D eigenvalue weighted by atomic mass is 19.4. The van der Waals surface area contributed by atoms with Crippen molar-refractivity contribution in [3.8, 4) is 0 Å². The summed E-state index contributed by atoms with van der Waals surface area (Å²) in [4.78, 5) is 23.3. The Morgan fingerprint density at radius 3 is 2.57 bits per heavy atom. The van der Waals surface area contributed by atoms with E-state index in [4.69, 9.17) is 5.84 Å². The standard InChI is InChI=1S/C13H12F3N3O2/c1-7-4-11(20)9-5-8(13(14,15)16)2-3-10(9)19(7)6-12(21)18-17/h2-5H,6,17H2,1H3,(H,18,21). The van der Waals surface area contributed by atoms with Crippen LogP contribution >= 0.6 is 0 Å². The van der Waals surface area contributed by atoms with E-state index < -0.39 is 23.1 Å². The fourth-order valence-corrected chi connectivity index (χ4v) is 2.08. The predicted molar refractivity (Wildman–Crippen MR) is 70.3 cm³/mol. The maximum Gasteiger partial charge on any atom is 0.416 e. The lowest BCUT2D eigenvalue weighted by molar-refractivity contribution is -0.137. The minimum atomic E-state index is -4.54. The van der Waals surface area contributed by atoms with Crippen LogP contribution in [-0.4, -0.2) is 10.5 Å². The molecule has 1 heterocycles. The van der Waals surface area contributed by atoms with E-state index in [1.807, 2.05) is 5.43 Å². The van der Waals surface area contributed by atoms with Crippen molar-refractivity contribution in [3.63, 3.8) is 0 Å². The minimum Gasteiger partial charge on any atom is -0.335 e. The number of benzene rings is 1. The molecular weight excluding hydrogens is 287 g/mol. The highest BCUT2D eigenvalue weighted by Gasteiger charge is 2.30. The van der Waals surface area contributed by atoms with Crippen molar-refractivity contribution in [2.75, 3.05) is 0 Å². The number of nitrogens with zero attached hydrogens (tertiary/aromatic N) is 1. The number of carbonyl (C=O) groups excluding carboxylic acids is 1. The van der Waals surface area contributed by atoms with Crippen LogP contribution in [0.25, 0.3) is 10.9 Å². The van der Waals surface area contributed by atoms with Crippen molar-refractivity contribution in [3.05, 3.63) is 45.7 Å². The van der Waals surface area contributed by atoms with Gasteiger partial charge in [0.1, 0.15) is 6.54 Å². The number of alkyl halides is 3. The van der Waals surface area contributed by atoms with Crippen LogP contribution in [-0.2, 0) is 17.5 Å². The van der Waals surface area contributed by atoms with Crippen LogP contribution in [0.4, 0.5) is 13.2 Å². The third-order valence-electron chi connectivity index (χ3n) is 3.11. The fourth-order valence-electron chi connectivity index (χ4n) is 2.08. The maximum atomic E-state index is 12.7. The molecule has 1 aromatic carbocycles. The van der Waals surface area contributed by atoms with E-state index >= 15 is 0 Å². The molecule has 3 N–H and O–H groups in total. The number of carbonyl (C=O) groups is 1. The zero-order chi connectivity index (χ0) is 15.8. The molecule has 5 nitrogen and oxygen atoms in total. The van der Waals surface area contributed by atoms with E-state index in [0.29, 0.717) is 5.69 Å². The molecule has 0 spiro atoms. The third-order valence-corrected chi connectivity index (χ3v) is 3.11. The molecule has 1 amide bonds. The molecule has 112 valence electrons. The first-order valence-corrected chi connectivity index (χ1v) is 5.95. The molecule has 0 atom stereocenters. The summed E-state index contributed by atoms with van der Waals surface area (Å²) in [5.74, 6) is 4.48. The smallest absolute Gasteiger partial charge is 0.335 e. The molecule has 0 bridgehead atoms. The Hall–Kier alpha value is -2.35. The van der Waals surface area contributed by atoms with Gasteiger partial charge in [0.25, 0.3) is 5.91 Å². The Morgan fingerprint density at radius 2 is 2.00 bits per heavy atom. The minimum absolute atomic E-state index is 0.0970. The number of hydrogen-bond donors (Lipinski definition) is 2. The van der Waals surface area contributed by atoms with E-state index in [2.05, 4.69) is 0 Å². The summed E-state index contributed by atoms with van der Waals surface area (Å²) in [6.07, 6.45) is -4.54. The molecule has 0 aliphatic carbocycles. The lowest BCUT2D eigenvalue weighted by Gasteiger charge is -2.15. The van der Waals surface area contributed by atoms with Crippen LogP contribution < -0.4 is 16.7 Å². The van der Waals surface area contributed by atoms with E-state index in [1.165, 1.54) is 16.7 Å². The molecular formula is C13H12F3N3O2. The number of hydrogen-bond acceptors (Lipinski definition) is 3. The number of nitrogens with one attached hydrogen (secondary N) is 1. The Kier molecular flexibility index (Phi) is 3.73. The van der Waals surface area contributed by atoms with Gasteiger partial charge in [-0.15, -0.1) is 0 Å². The van der Waals surface area contributed by atoms with Gasteiger partial charge < -0.3 is 4.57 Å². The molecule has 0 fully saturated rings. The molecule has 0 radical (unpaired) electrons. The quantitative estimate of drug-likeness (QED) is 0.499. The number of rotatable bonds is 2. The molecule has 8 heteroatoms. The number of hydrazine groups is 1. The fraction of sp³-hybridized carbons (Fsp3) is 0.231. The van der Waals surface area contributed by atoms with Gasteiger partial charge in [-0.25, -0.2) is 5.84 Å². The van der Waals surface area contributed by atoms with Crippen LogP contribution in [0.1, 0.15) is 11.3 Å². The van der Waals surface area contributed by atoms with Gasteiger partial charge in [-0.05, 0) is 25.1 Å². The van der Waals surface area contributed by atoms with E-state index in [0.717, 1.165) is 12.1 Å². The SMILES string of the molecule is Cc1cc(=O)c2cc(C(F)(F)F)ccc2n1CC(=O)NN. The summed E-state index contributed by atoms with van der Waals surface area (Å²) in [5, 5.41) is -0.0970. The molecule has 0 unspecified atom stereocenters. The monoisotopic (exact) mass is 299 g/mol. The normalized spacial score (nSPS) is 11.7. The van der Waals surface area contributed by atoms with Crippen molar-refractivity contribution < 1.29 is 18.0 Å². The number of amides is 1. The average molecular weight is 299 g/mol. The predicted octanol–water partition coefficient (Wildman–Crippen LogP) is 1.32. The van der Waals surface area contributed by atoms with Gasteiger partial charge in [-0.3, -0.25) is 15.0 Å². The summed E-state index contributed by atoms with van der Waals surface area (Å²) in [5.41, 5.74) is 1.20. The molecule has 0 saturated heterocycles. The summed E-state index contributed by atoms with van der Waals surface area (Å²) in [7, 11) is 0. The summed E-state index contributed by atoms with van der Waals surface area (Å²) < 4.78 is 39.5. The summed E-state index contributed by atoms with van der Waals surface area (Å²) in [6.45, 7) is 1.40. The van der Waals surface area contributed by atoms with Gasteiger partial charge in [-0.1, -0.05) is 0 Å². The third kappa shape index (κ3) is 2.89. The first-order valence-electron chi connectivity index (χ1n) is 5.95. The van der Waals surface area contributed by atoms with Crippen molar-refractivity contribution >= 4 is 16.8 Å². The molecule has 2 rings (SSSR count). The van der Waals surface area contributed by atoms with Gasteiger partial charge in [-0.2, -0.15) is 13.2 Å². The van der Waals surface area contributed by atoms with Gasteiger partial charge in [0.15, 0.2) is 5.43 Å². The van der Waals surface area contributed by atoms with Gasteiger partial charge in [0, 0.05) is 17.1 Å². The molecule has 21 heavy (non-hydrogen) atoms. The van der Waals surface area contributed by atoms with E-state index in [1.54, 1.807) is 6.92 Å². The van der Waals surface area contributed by atoms with E-state index in [9.17, 15) is 22.8 Å². The van der Waals surface area contributed by atoms with Crippen LogP contribution in [0.15, 0.2) is 29.1 Å². The summed E-state index contributed by atoms with van der Waals surface area (Å²) >= 11 is 0. The van der Waals surface area contributed by atoms with Gasteiger partial charge in [0.05, 0.1) is 11.1 Å². The molecule has 2 aromatic rings. The summed E-state index contributed by atoms with van der Waals surface area (Å²) in [6, 6.07) is 4.02. The number of nitrogens with two attached hydrogens (primary N) is 1. The lowest BCUT2D eigenvalue weighted by atomic mass is 10.1. The van der Waals surface area contributed by atoms with Crippen LogP contribution in [0.2, 0.25) is 0 Å². The molecule has 1 aromatic heterocycles. The number of halogens is 3. The number of pyridine rings is 1. The number of aromatic nitrogens is 1. The zero-order valence-corrected chi connectivity index (χ0v) is 11.0. The van der Waals surface area contributed by atoms with Gasteiger partial charge >= 0.3 is 6.18 Å². The molecule has 0 saturated carbocycles. The van der Waals surface area contributed by atoms with Crippen LogP contribution in [0.5, 0.6) is 0 Å². The Morgan fingerprint density at radius 1 is 1.33 bits per heavy atom. The van der Waals surface area contributed by atoms with Crippen LogP contribution in [0, 0.1) is 6.92 Å². The van der Waals surface area contributed by atoms with Gasteiger partial charge in [0.2, 0.25) is 0 Å². The van der Waals surface area contributed by atoms with Crippen molar-refractivity contribution in [1.82, 2.24) is 9.99 Å². The maximum absolute atomic E-state index is 12.7. The largest absolute Gasteiger partial charge is 0.416 e. The Balaban J connectivity index is 2.71. The first-order chi connectivity index (χ1) is 9.74. The molecule has 0 aliphatic heterocycles. The van der Waals surface area contributed by atoms with Crippen molar-refractivity contribution in [1.29, 1.82) is 0 Å². The lowest BCUT2D eigenvalue weighted by Crippen LogP contribution is -2.34. The van der Waals surface area contributed by atoms with E-state index in [-0.39, 0.29) is 17.4 Å². The average Bonchev–Trinajstić information content (AvgIpc) is 2.41. The highest BCUT2D eigenvalue weighted by Crippen LogP contribution is 2.30. The second-order valence-corrected chi connectivity index (χ2v) is 4.53. The second kappa shape index (κ2) is 5.21.